The Morgan fingerprint density at radius 2 is 2.00 bits per heavy atom. The molecule has 0 radical (unpaired) electrons. The van der Waals surface area contributed by atoms with Gasteiger partial charge in [-0.2, -0.15) is 11.8 Å². The van der Waals surface area contributed by atoms with Crippen LogP contribution in [0.15, 0.2) is 24.3 Å². The molecule has 5 heteroatoms. The maximum Gasteiger partial charge on any atom is 0.234 e. The summed E-state index contributed by atoms with van der Waals surface area (Å²) < 4.78 is 0. The van der Waals surface area contributed by atoms with Gasteiger partial charge in [-0.1, -0.05) is 6.92 Å². The summed E-state index contributed by atoms with van der Waals surface area (Å²) in [5, 5.41) is 11.8. The SMILES string of the molecule is CC(CO)CSCC(=O)Nc1ccc(N2CCCC2)cc1. The average Bonchev–Trinajstić information content (AvgIpc) is 3.02. The van der Waals surface area contributed by atoms with Crippen LogP contribution in [-0.4, -0.2) is 42.2 Å². The number of thioether (sulfide) groups is 1. The van der Waals surface area contributed by atoms with Gasteiger partial charge in [0.25, 0.3) is 0 Å². The topological polar surface area (TPSA) is 52.6 Å². The summed E-state index contributed by atoms with van der Waals surface area (Å²) in [6.45, 7) is 4.41. The molecule has 2 rings (SSSR count). The van der Waals surface area contributed by atoms with Crippen molar-refractivity contribution in [3.05, 3.63) is 24.3 Å². The van der Waals surface area contributed by atoms with Gasteiger partial charge in [0.15, 0.2) is 0 Å². The lowest BCUT2D eigenvalue weighted by Gasteiger charge is -2.17. The van der Waals surface area contributed by atoms with Gasteiger partial charge >= 0.3 is 0 Å². The van der Waals surface area contributed by atoms with E-state index in [-0.39, 0.29) is 18.4 Å². The van der Waals surface area contributed by atoms with E-state index in [4.69, 9.17) is 5.11 Å². The Morgan fingerprint density at radius 3 is 2.62 bits per heavy atom. The van der Waals surface area contributed by atoms with Crippen molar-refractivity contribution in [3.63, 3.8) is 0 Å². The highest BCUT2D eigenvalue weighted by atomic mass is 32.2. The van der Waals surface area contributed by atoms with Gasteiger partial charge in [0.2, 0.25) is 5.91 Å². The van der Waals surface area contributed by atoms with Crippen LogP contribution in [0.25, 0.3) is 0 Å². The van der Waals surface area contributed by atoms with Crippen molar-refractivity contribution in [3.8, 4) is 0 Å². The minimum atomic E-state index is 0.0130. The number of benzene rings is 1. The summed E-state index contributed by atoms with van der Waals surface area (Å²) in [4.78, 5) is 14.2. The van der Waals surface area contributed by atoms with Gasteiger partial charge in [0.1, 0.15) is 0 Å². The molecule has 1 unspecified atom stereocenters. The molecule has 1 aromatic carbocycles. The maximum absolute atomic E-state index is 11.8. The predicted octanol–water partition coefficient (Wildman–Crippen LogP) is 2.59. The molecule has 21 heavy (non-hydrogen) atoms. The Labute approximate surface area is 130 Å². The molecule has 2 N–H and O–H groups in total. The smallest absolute Gasteiger partial charge is 0.234 e. The first-order chi connectivity index (χ1) is 10.2. The molecule has 0 aliphatic carbocycles. The van der Waals surface area contributed by atoms with Crippen LogP contribution in [0.5, 0.6) is 0 Å². The summed E-state index contributed by atoms with van der Waals surface area (Å²) in [5.74, 6) is 1.48. The predicted molar refractivity (Wildman–Crippen MR) is 90.1 cm³/mol. The Morgan fingerprint density at radius 1 is 1.33 bits per heavy atom. The fraction of sp³-hybridized carbons (Fsp3) is 0.562. The molecule has 116 valence electrons. The standard InChI is InChI=1S/C16H24N2O2S/c1-13(10-19)11-21-12-16(20)17-14-4-6-15(7-5-14)18-8-2-3-9-18/h4-7,13,19H,2-3,8-12H2,1H3,(H,17,20). The van der Waals surface area contributed by atoms with Crippen LogP contribution in [0.3, 0.4) is 0 Å². The number of carbonyl (C=O) groups excluding carboxylic acids is 1. The highest BCUT2D eigenvalue weighted by Gasteiger charge is 2.12. The average molecular weight is 308 g/mol. The minimum absolute atomic E-state index is 0.0130. The van der Waals surface area contributed by atoms with E-state index in [0.717, 1.165) is 24.5 Å². The number of rotatable bonds is 7. The quantitative estimate of drug-likeness (QED) is 0.813. The van der Waals surface area contributed by atoms with E-state index in [0.29, 0.717) is 5.75 Å². The number of aliphatic hydroxyl groups is 1. The molecule has 1 fully saturated rings. The molecular weight excluding hydrogens is 284 g/mol. The van der Waals surface area contributed by atoms with E-state index in [1.165, 1.54) is 18.5 Å². The van der Waals surface area contributed by atoms with Gasteiger partial charge in [0.05, 0.1) is 5.75 Å². The Kier molecular flexibility index (Phi) is 6.39. The number of hydrogen-bond acceptors (Lipinski definition) is 4. The summed E-state index contributed by atoms with van der Waals surface area (Å²) in [6, 6.07) is 8.07. The van der Waals surface area contributed by atoms with Crippen molar-refractivity contribution >= 4 is 29.0 Å². The van der Waals surface area contributed by atoms with E-state index in [9.17, 15) is 4.79 Å². The van der Waals surface area contributed by atoms with Gasteiger partial charge in [-0.3, -0.25) is 4.79 Å². The monoisotopic (exact) mass is 308 g/mol. The molecule has 0 aromatic heterocycles. The van der Waals surface area contributed by atoms with Crippen molar-refractivity contribution in [1.82, 2.24) is 0 Å². The maximum atomic E-state index is 11.8. The number of nitrogens with zero attached hydrogens (tertiary/aromatic N) is 1. The number of nitrogens with one attached hydrogen (secondary N) is 1. The molecule has 0 spiro atoms. The Balaban J connectivity index is 1.75. The fourth-order valence-corrected chi connectivity index (χ4v) is 3.22. The van der Waals surface area contributed by atoms with E-state index >= 15 is 0 Å². The molecule has 1 saturated heterocycles. The number of hydrogen-bond donors (Lipinski definition) is 2. The van der Waals surface area contributed by atoms with Crippen LogP contribution in [0.2, 0.25) is 0 Å². The van der Waals surface area contributed by atoms with E-state index in [1.807, 2.05) is 19.1 Å². The van der Waals surface area contributed by atoms with E-state index in [1.54, 1.807) is 11.8 Å². The highest BCUT2D eigenvalue weighted by molar-refractivity contribution is 7.99. The lowest BCUT2D eigenvalue weighted by Crippen LogP contribution is -2.18. The zero-order valence-corrected chi connectivity index (χ0v) is 13.4. The molecule has 0 saturated carbocycles. The van der Waals surface area contributed by atoms with Gasteiger partial charge in [-0.15, -0.1) is 0 Å². The fourth-order valence-electron chi connectivity index (χ4n) is 2.33. The first-order valence-electron chi connectivity index (χ1n) is 7.52. The number of anilines is 2. The van der Waals surface area contributed by atoms with Crippen LogP contribution in [0.4, 0.5) is 11.4 Å². The Hall–Kier alpha value is -1.20. The van der Waals surface area contributed by atoms with Crippen LogP contribution >= 0.6 is 11.8 Å². The van der Waals surface area contributed by atoms with E-state index in [2.05, 4.69) is 22.3 Å². The largest absolute Gasteiger partial charge is 0.396 e. The molecule has 1 amide bonds. The third-order valence-corrected chi connectivity index (χ3v) is 4.84. The number of carbonyl (C=O) groups is 1. The van der Waals surface area contributed by atoms with Crippen molar-refractivity contribution < 1.29 is 9.90 Å². The highest BCUT2D eigenvalue weighted by Crippen LogP contribution is 2.22. The van der Waals surface area contributed by atoms with Crippen LogP contribution in [0.1, 0.15) is 19.8 Å². The van der Waals surface area contributed by atoms with Crippen LogP contribution < -0.4 is 10.2 Å². The minimum Gasteiger partial charge on any atom is -0.396 e. The van der Waals surface area contributed by atoms with Crippen LogP contribution in [-0.2, 0) is 4.79 Å². The number of amides is 1. The second-order valence-corrected chi connectivity index (χ2v) is 6.62. The Bertz CT molecular complexity index is 444. The zero-order chi connectivity index (χ0) is 15.1. The molecular formula is C16H24N2O2S. The third-order valence-electron chi connectivity index (χ3n) is 3.57. The van der Waals surface area contributed by atoms with Gasteiger partial charge in [0, 0.05) is 31.1 Å². The summed E-state index contributed by atoms with van der Waals surface area (Å²) in [7, 11) is 0. The van der Waals surface area contributed by atoms with Crippen molar-refractivity contribution in [2.75, 3.05) is 41.4 Å². The molecule has 1 aliphatic rings. The van der Waals surface area contributed by atoms with Gasteiger partial charge < -0.3 is 15.3 Å². The second kappa shape index (κ2) is 8.29. The zero-order valence-electron chi connectivity index (χ0n) is 12.5. The lowest BCUT2D eigenvalue weighted by atomic mass is 10.2. The van der Waals surface area contributed by atoms with E-state index < -0.39 is 0 Å². The molecule has 1 atom stereocenters. The summed E-state index contributed by atoms with van der Waals surface area (Å²) >= 11 is 1.56. The molecule has 1 aromatic rings. The van der Waals surface area contributed by atoms with Crippen molar-refractivity contribution in [2.24, 2.45) is 5.92 Å². The second-order valence-electron chi connectivity index (χ2n) is 5.59. The normalized spacial score (nSPS) is 16.0. The van der Waals surface area contributed by atoms with Gasteiger partial charge in [-0.05, 0) is 48.8 Å². The number of aliphatic hydroxyl groups excluding tert-OH is 1. The van der Waals surface area contributed by atoms with Gasteiger partial charge in [-0.25, -0.2) is 0 Å². The van der Waals surface area contributed by atoms with Crippen molar-refractivity contribution in [1.29, 1.82) is 0 Å². The first-order valence-corrected chi connectivity index (χ1v) is 8.68. The lowest BCUT2D eigenvalue weighted by molar-refractivity contribution is -0.113. The molecule has 0 bridgehead atoms. The third kappa shape index (κ3) is 5.25. The summed E-state index contributed by atoms with van der Waals surface area (Å²) in [6.07, 6.45) is 2.53. The molecule has 1 heterocycles. The van der Waals surface area contributed by atoms with Crippen LogP contribution in [0, 0.1) is 5.92 Å². The molecule has 1 aliphatic heterocycles. The van der Waals surface area contributed by atoms with Crippen molar-refractivity contribution in [2.45, 2.75) is 19.8 Å². The summed E-state index contributed by atoms with van der Waals surface area (Å²) in [5.41, 5.74) is 2.08. The molecule has 4 nitrogen and oxygen atoms in total. The first kappa shape index (κ1) is 16.2.